The molecule has 0 aromatic heterocycles. The van der Waals surface area contributed by atoms with Crippen molar-refractivity contribution in [2.24, 2.45) is 0 Å². The summed E-state index contributed by atoms with van der Waals surface area (Å²) < 4.78 is 34.0. The van der Waals surface area contributed by atoms with Crippen LogP contribution in [0.3, 0.4) is 0 Å². The van der Waals surface area contributed by atoms with Crippen molar-refractivity contribution in [1.82, 2.24) is 9.21 Å². The van der Waals surface area contributed by atoms with Gasteiger partial charge in [0.05, 0.1) is 17.1 Å². The maximum Gasteiger partial charge on any atom is 0.243 e. The van der Waals surface area contributed by atoms with Gasteiger partial charge >= 0.3 is 0 Å². The number of hydrogen-bond acceptors (Lipinski definition) is 4. The van der Waals surface area contributed by atoms with Crippen molar-refractivity contribution in [3.05, 3.63) is 28.7 Å². The molecule has 2 aliphatic rings. The molecule has 0 unspecified atom stereocenters. The van der Waals surface area contributed by atoms with Crippen LogP contribution in [-0.4, -0.2) is 63.1 Å². The summed E-state index contributed by atoms with van der Waals surface area (Å²) in [6, 6.07) is 6.91. The lowest BCUT2D eigenvalue weighted by Gasteiger charge is -2.35. The highest BCUT2D eigenvalue weighted by atomic mass is 79.9. The van der Waals surface area contributed by atoms with Crippen molar-refractivity contribution in [1.29, 1.82) is 0 Å². The largest absolute Gasteiger partial charge is 0.375 e. The summed E-state index contributed by atoms with van der Waals surface area (Å²) in [6.45, 7) is 3.24. The van der Waals surface area contributed by atoms with E-state index in [1.165, 1.54) is 0 Å². The Morgan fingerprint density at radius 1 is 1.04 bits per heavy atom. The fraction of sp³-hybridized carbons (Fsp3) is 0.647. The molecule has 7 heteroatoms. The van der Waals surface area contributed by atoms with Gasteiger partial charge in [0.1, 0.15) is 0 Å². The molecule has 0 amide bonds. The van der Waals surface area contributed by atoms with E-state index in [9.17, 15) is 8.42 Å². The van der Waals surface area contributed by atoms with E-state index in [0.29, 0.717) is 24.1 Å². The first-order chi connectivity index (χ1) is 11.4. The highest BCUT2D eigenvalue weighted by Crippen LogP contribution is 2.25. The standard InChI is InChI=1S/C17H25BrN2O3S/c1-19-9-5-15(6-10-19)23-16-7-11-20(12-8-16)24(21,22)17-4-2-3-14(18)13-17/h2-4,13,15-16H,5-12H2,1H3. The highest BCUT2D eigenvalue weighted by molar-refractivity contribution is 9.10. The van der Waals surface area contributed by atoms with Gasteiger partial charge in [-0.1, -0.05) is 22.0 Å². The van der Waals surface area contributed by atoms with E-state index >= 15 is 0 Å². The average molecular weight is 417 g/mol. The minimum atomic E-state index is -3.41. The van der Waals surface area contributed by atoms with Crippen LogP contribution in [-0.2, 0) is 14.8 Å². The Bertz CT molecular complexity index is 652. The second-order valence-electron chi connectivity index (χ2n) is 6.70. The fourth-order valence-electron chi connectivity index (χ4n) is 3.38. The molecule has 2 aliphatic heterocycles. The Morgan fingerprint density at radius 2 is 1.62 bits per heavy atom. The first-order valence-corrected chi connectivity index (χ1v) is 10.8. The molecule has 24 heavy (non-hydrogen) atoms. The Kier molecular flexibility index (Phi) is 5.98. The van der Waals surface area contributed by atoms with E-state index in [1.807, 2.05) is 6.07 Å². The van der Waals surface area contributed by atoms with Crippen LogP contribution in [0.1, 0.15) is 25.7 Å². The number of sulfonamides is 1. The molecule has 1 aromatic carbocycles. The van der Waals surface area contributed by atoms with E-state index in [1.54, 1.807) is 22.5 Å². The highest BCUT2D eigenvalue weighted by Gasteiger charge is 2.31. The lowest BCUT2D eigenvalue weighted by molar-refractivity contribution is -0.0564. The topological polar surface area (TPSA) is 49.9 Å². The van der Waals surface area contributed by atoms with Gasteiger partial charge in [-0.3, -0.25) is 0 Å². The van der Waals surface area contributed by atoms with Crippen molar-refractivity contribution in [3.63, 3.8) is 0 Å². The van der Waals surface area contributed by atoms with Crippen LogP contribution in [0.25, 0.3) is 0 Å². The van der Waals surface area contributed by atoms with E-state index in [2.05, 4.69) is 27.9 Å². The van der Waals surface area contributed by atoms with Crippen molar-refractivity contribution >= 4 is 26.0 Å². The number of halogens is 1. The van der Waals surface area contributed by atoms with Gasteiger partial charge in [-0.15, -0.1) is 0 Å². The van der Waals surface area contributed by atoms with Crippen LogP contribution in [0.15, 0.2) is 33.6 Å². The van der Waals surface area contributed by atoms with E-state index in [-0.39, 0.29) is 6.10 Å². The third-order valence-electron chi connectivity index (χ3n) is 4.89. The number of benzene rings is 1. The zero-order chi connectivity index (χ0) is 17.2. The Morgan fingerprint density at radius 3 is 2.21 bits per heavy atom. The molecule has 2 heterocycles. The average Bonchev–Trinajstić information content (AvgIpc) is 2.57. The zero-order valence-corrected chi connectivity index (χ0v) is 16.4. The third-order valence-corrected chi connectivity index (χ3v) is 7.27. The lowest BCUT2D eigenvalue weighted by atomic mass is 10.1. The van der Waals surface area contributed by atoms with Crippen molar-refractivity contribution < 1.29 is 13.2 Å². The van der Waals surface area contributed by atoms with Crippen LogP contribution in [0.2, 0.25) is 0 Å². The molecule has 0 saturated carbocycles. The summed E-state index contributed by atoms with van der Waals surface area (Å²) in [5.74, 6) is 0. The summed E-state index contributed by atoms with van der Waals surface area (Å²) in [4.78, 5) is 2.68. The van der Waals surface area contributed by atoms with Gasteiger partial charge < -0.3 is 9.64 Å². The minimum Gasteiger partial charge on any atom is -0.375 e. The van der Waals surface area contributed by atoms with Gasteiger partial charge in [-0.25, -0.2) is 8.42 Å². The lowest BCUT2D eigenvalue weighted by Crippen LogP contribution is -2.43. The van der Waals surface area contributed by atoms with Gasteiger partial charge in [0.15, 0.2) is 0 Å². The molecule has 3 rings (SSSR count). The molecule has 5 nitrogen and oxygen atoms in total. The maximum atomic E-state index is 12.7. The predicted octanol–water partition coefficient (Wildman–Crippen LogP) is 2.71. The van der Waals surface area contributed by atoms with Gasteiger partial charge in [0, 0.05) is 30.7 Å². The van der Waals surface area contributed by atoms with Crippen LogP contribution >= 0.6 is 15.9 Å². The number of ether oxygens (including phenoxy) is 1. The molecule has 0 aliphatic carbocycles. The normalized spacial score (nSPS) is 22.8. The summed E-state index contributed by atoms with van der Waals surface area (Å²) in [7, 11) is -1.27. The molecule has 1 aromatic rings. The summed E-state index contributed by atoms with van der Waals surface area (Å²) in [5, 5.41) is 0. The fourth-order valence-corrected chi connectivity index (χ4v) is 5.45. The van der Waals surface area contributed by atoms with Crippen LogP contribution < -0.4 is 0 Å². The molecule has 0 bridgehead atoms. The van der Waals surface area contributed by atoms with Gasteiger partial charge in [0.25, 0.3) is 0 Å². The minimum absolute atomic E-state index is 0.187. The quantitative estimate of drug-likeness (QED) is 0.756. The first kappa shape index (κ1) is 18.3. The number of likely N-dealkylation sites (tertiary alicyclic amines) is 1. The summed E-state index contributed by atoms with van der Waals surface area (Å²) in [5.41, 5.74) is 0. The predicted molar refractivity (Wildman–Crippen MR) is 97.5 cm³/mol. The number of piperidine rings is 2. The molecule has 0 spiro atoms. The molecule has 2 fully saturated rings. The molecule has 0 atom stereocenters. The third kappa shape index (κ3) is 4.38. The smallest absolute Gasteiger partial charge is 0.243 e. The number of rotatable bonds is 4. The van der Waals surface area contributed by atoms with Gasteiger partial charge in [-0.05, 0) is 50.9 Å². The molecule has 2 saturated heterocycles. The van der Waals surface area contributed by atoms with Crippen LogP contribution in [0.5, 0.6) is 0 Å². The molecular formula is C17H25BrN2O3S. The molecule has 0 radical (unpaired) electrons. The van der Waals surface area contributed by atoms with Crippen LogP contribution in [0, 0.1) is 0 Å². The van der Waals surface area contributed by atoms with Crippen molar-refractivity contribution in [2.75, 3.05) is 33.2 Å². The second-order valence-corrected chi connectivity index (χ2v) is 9.55. The molecule has 134 valence electrons. The van der Waals surface area contributed by atoms with Crippen molar-refractivity contribution in [3.8, 4) is 0 Å². The maximum absolute atomic E-state index is 12.7. The SMILES string of the molecule is CN1CCC(OC2CCN(S(=O)(=O)c3cccc(Br)c3)CC2)CC1. The van der Waals surface area contributed by atoms with E-state index in [0.717, 1.165) is 43.2 Å². The number of hydrogen-bond donors (Lipinski definition) is 0. The van der Waals surface area contributed by atoms with E-state index < -0.39 is 10.0 Å². The molecular weight excluding hydrogens is 392 g/mol. The Balaban J connectivity index is 1.55. The first-order valence-electron chi connectivity index (χ1n) is 8.55. The summed E-state index contributed by atoms with van der Waals surface area (Å²) in [6.07, 6.45) is 4.23. The van der Waals surface area contributed by atoms with Crippen LogP contribution in [0.4, 0.5) is 0 Å². The van der Waals surface area contributed by atoms with Gasteiger partial charge in [-0.2, -0.15) is 4.31 Å². The monoisotopic (exact) mass is 416 g/mol. The summed E-state index contributed by atoms with van der Waals surface area (Å²) >= 11 is 3.34. The van der Waals surface area contributed by atoms with E-state index in [4.69, 9.17) is 4.74 Å². The van der Waals surface area contributed by atoms with Crippen molar-refractivity contribution in [2.45, 2.75) is 42.8 Å². The zero-order valence-electron chi connectivity index (χ0n) is 14.0. The molecule has 0 N–H and O–H groups in total. The number of nitrogens with zero attached hydrogens (tertiary/aromatic N) is 2. The second kappa shape index (κ2) is 7.83. The Hall–Kier alpha value is -0.470. The Labute approximate surface area is 153 Å². The van der Waals surface area contributed by atoms with Gasteiger partial charge in [0.2, 0.25) is 10.0 Å².